The molecule has 0 atom stereocenters. The van der Waals surface area contributed by atoms with Crippen LogP contribution in [0.15, 0.2) is 24.5 Å². The average Bonchev–Trinajstić information content (AvgIpc) is 3.11. The fourth-order valence-corrected chi connectivity index (χ4v) is 2.94. The Balaban J connectivity index is 1.77. The number of methoxy groups -OCH3 is 2. The van der Waals surface area contributed by atoms with E-state index in [1.165, 1.54) is 42.1 Å². The van der Waals surface area contributed by atoms with Gasteiger partial charge in [-0.25, -0.2) is 14.4 Å². The van der Waals surface area contributed by atoms with E-state index in [-0.39, 0.29) is 17.7 Å². The van der Waals surface area contributed by atoms with Gasteiger partial charge < -0.3 is 14.4 Å². The van der Waals surface area contributed by atoms with Crippen molar-refractivity contribution in [1.82, 2.24) is 24.6 Å². The zero-order valence-electron chi connectivity index (χ0n) is 14.7. The van der Waals surface area contributed by atoms with Gasteiger partial charge in [0.25, 0.3) is 0 Å². The summed E-state index contributed by atoms with van der Waals surface area (Å²) in [6.07, 6.45) is -2.06. The van der Waals surface area contributed by atoms with Crippen molar-refractivity contribution in [2.24, 2.45) is 0 Å². The summed E-state index contributed by atoms with van der Waals surface area (Å²) in [4.78, 5) is 13.8. The molecule has 1 saturated heterocycles. The lowest BCUT2D eigenvalue weighted by molar-refractivity contribution is -0.237. The maximum absolute atomic E-state index is 14.0. The van der Waals surface area contributed by atoms with Gasteiger partial charge in [-0.05, 0) is 0 Å². The highest BCUT2D eigenvalue weighted by Crippen LogP contribution is 2.43. The summed E-state index contributed by atoms with van der Waals surface area (Å²) in [5.74, 6) is 0.438. The summed E-state index contributed by atoms with van der Waals surface area (Å²) in [5, 5.41) is 4.06. The molecule has 1 aliphatic heterocycles. The van der Waals surface area contributed by atoms with E-state index >= 15 is 0 Å². The first-order valence-corrected chi connectivity index (χ1v) is 8.06. The van der Waals surface area contributed by atoms with E-state index in [1.54, 1.807) is 6.07 Å². The predicted molar refractivity (Wildman–Crippen MR) is 89.2 cm³/mol. The van der Waals surface area contributed by atoms with Crippen LogP contribution in [0.1, 0.15) is 0 Å². The number of fused-ring (bicyclic) bond motifs is 1. The van der Waals surface area contributed by atoms with Crippen molar-refractivity contribution in [3.63, 3.8) is 0 Å². The smallest absolute Gasteiger partial charge is 0.426 e. The quantitative estimate of drug-likeness (QED) is 0.624. The molecule has 1 fully saturated rings. The second-order valence-corrected chi connectivity index (χ2v) is 6.20. The van der Waals surface area contributed by atoms with Crippen molar-refractivity contribution < 1.29 is 27.0 Å². The molecule has 148 valence electrons. The third kappa shape index (κ3) is 2.75. The zero-order chi connectivity index (χ0) is 20.1. The topological polar surface area (TPSA) is 77.7 Å². The number of halogens is 4. The summed E-state index contributed by atoms with van der Waals surface area (Å²) in [6.45, 7) is -1.66. The molecular weight excluding hydrogens is 384 g/mol. The SMILES string of the molecule is COc1ncc(-c2cc(N3CC(F)(C(F)(F)F)C3)n3nccc3n2)c(OC)n1. The van der Waals surface area contributed by atoms with Crippen molar-refractivity contribution >= 4 is 11.5 Å². The van der Waals surface area contributed by atoms with Crippen LogP contribution in [0.4, 0.5) is 23.4 Å². The number of hydrogen-bond donors (Lipinski definition) is 0. The highest BCUT2D eigenvalue weighted by Gasteiger charge is 2.63. The van der Waals surface area contributed by atoms with Crippen molar-refractivity contribution in [2.45, 2.75) is 11.8 Å². The molecule has 8 nitrogen and oxygen atoms in total. The Morgan fingerprint density at radius 2 is 1.89 bits per heavy atom. The molecule has 0 amide bonds. The highest BCUT2D eigenvalue weighted by atomic mass is 19.4. The van der Waals surface area contributed by atoms with Crippen LogP contribution >= 0.6 is 0 Å². The second-order valence-electron chi connectivity index (χ2n) is 6.20. The number of aromatic nitrogens is 5. The number of anilines is 1. The second kappa shape index (κ2) is 6.17. The van der Waals surface area contributed by atoms with Crippen LogP contribution in [0.3, 0.4) is 0 Å². The van der Waals surface area contributed by atoms with Crippen LogP contribution in [0.2, 0.25) is 0 Å². The molecule has 4 heterocycles. The third-order valence-corrected chi connectivity index (χ3v) is 4.44. The summed E-state index contributed by atoms with van der Waals surface area (Å²) in [6, 6.07) is 3.15. The van der Waals surface area contributed by atoms with Crippen LogP contribution in [0, 0.1) is 0 Å². The average molecular weight is 398 g/mol. The van der Waals surface area contributed by atoms with Crippen LogP contribution in [0.5, 0.6) is 11.9 Å². The number of alkyl halides is 4. The van der Waals surface area contributed by atoms with Gasteiger partial charge in [-0.1, -0.05) is 0 Å². The van der Waals surface area contributed by atoms with Crippen LogP contribution < -0.4 is 14.4 Å². The lowest BCUT2D eigenvalue weighted by Crippen LogP contribution is -2.67. The van der Waals surface area contributed by atoms with Crippen molar-refractivity contribution in [3.8, 4) is 23.1 Å². The first-order valence-electron chi connectivity index (χ1n) is 8.06. The minimum Gasteiger partial charge on any atom is -0.480 e. The fourth-order valence-electron chi connectivity index (χ4n) is 2.94. The van der Waals surface area contributed by atoms with Gasteiger partial charge in [0.05, 0.1) is 44.8 Å². The third-order valence-electron chi connectivity index (χ3n) is 4.44. The first kappa shape index (κ1) is 18.2. The van der Waals surface area contributed by atoms with Crippen molar-refractivity contribution in [3.05, 3.63) is 24.5 Å². The number of hydrogen-bond acceptors (Lipinski definition) is 7. The first-order chi connectivity index (χ1) is 13.3. The molecule has 12 heteroatoms. The molecular formula is C16H14F4N6O2. The largest absolute Gasteiger partial charge is 0.480 e. The van der Waals surface area contributed by atoms with E-state index in [2.05, 4.69) is 20.1 Å². The Labute approximate surface area is 155 Å². The molecule has 0 bridgehead atoms. The van der Waals surface area contributed by atoms with E-state index in [1.807, 2.05) is 0 Å². The number of nitrogens with zero attached hydrogens (tertiary/aromatic N) is 6. The van der Waals surface area contributed by atoms with E-state index in [0.29, 0.717) is 16.9 Å². The van der Waals surface area contributed by atoms with Gasteiger partial charge in [-0.2, -0.15) is 27.8 Å². The van der Waals surface area contributed by atoms with Crippen molar-refractivity contribution in [1.29, 1.82) is 0 Å². The lowest BCUT2D eigenvalue weighted by atomic mass is 9.95. The Morgan fingerprint density at radius 1 is 1.14 bits per heavy atom. The van der Waals surface area contributed by atoms with E-state index in [4.69, 9.17) is 9.47 Å². The van der Waals surface area contributed by atoms with Gasteiger partial charge in [-0.15, -0.1) is 0 Å². The summed E-state index contributed by atoms with van der Waals surface area (Å²) in [5.41, 5.74) is -2.15. The molecule has 0 aliphatic carbocycles. The molecule has 0 unspecified atom stereocenters. The van der Waals surface area contributed by atoms with E-state index < -0.39 is 24.9 Å². The van der Waals surface area contributed by atoms with Crippen LogP contribution in [-0.4, -0.2) is 63.7 Å². The molecule has 0 N–H and O–H groups in total. The van der Waals surface area contributed by atoms with E-state index in [0.717, 1.165) is 0 Å². The van der Waals surface area contributed by atoms with Gasteiger partial charge in [0.2, 0.25) is 11.5 Å². The molecule has 0 spiro atoms. The molecule has 4 rings (SSSR count). The molecule has 3 aromatic heterocycles. The number of rotatable bonds is 4. The van der Waals surface area contributed by atoms with Gasteiger partial charge in [0, 0.05) is 18.3 Å². The monoisotopic (exact) mass is 398 g/mol. The van der Waals surface area contributed by atoms with E-state index in [9.17, 15) is 17.6 Å². The Kier molecular flexibility index (Phi) is 4.01. The number of ether oxygens (including phenoxy) is 2. The molecule has 0 saturated carbocycles. The highest BCUT2D eigenvalue weighted by molar-refractivity contribution is 5.70. The van der Waals surface area contributed by atoms with Gasteiger partial charge in [0.1, 0.15) is 5.82 Å². The normalized spacial score (nSPS) is 16.1. The summed E-state index contributed by atoms with van der Waals surface area (Å²) < 4.78 is 64.2. The summed E-state index contributed by atoms with van der Waals surface area (Å²) in [7, 11) is 2.80. The molecule has 3 aromatic rings. The van der Waals surface area contributed by atoms with Gasteiger partial charge in [-0.3, -0.25) is 0 Å². The maximum atomic E-state index is 14.0. The van der Waals surface area contributed by atoms with Crippen LogP contribution in [-0.2, 0) is 0 Å². The van der Waals surface area contributed by atoms with Gasteiger partial charge >= 0.3 is 12.2 Å². The van der Waals surface area contributed by atoms with Gasteiger partial charge in [0.15, 0.2) is 5.65 Å². The molecule has 28 heavy (non-hydrogen) atoms. The Morgan fingerprint density at radius 3 is 2.54 bits per heavy atom. The Bertz CT molecular complexity index is 1030. The van der Waals surface area contributed by atoms with Crippen molar-refractivity contribution in [2.75, 3.05) is 32.2 Å². The zero-order valence-corrected chi connectivity index (χ0v) is 14.7. The molecule has 1 aliphatic rings. The predicted octanol–water partition coefficient (Wildman–Crippen LogP) is 2.29. The molecule has 0 aromatic carbocycles. The summed E-state index contributed by atoms with van der Waals surface area (Å²) >= 11 is 0. The maximum Gasteiger partial charge on any atom is 0.426 e. The standard InChI is InChI=1S/C16H14F4N6O2/c1-27-13-9(6-21-14(24-13)28-2)10-5-12(26-11(23-10)3-4-22-26)25-7-15(17,8-25)16(18,19)20/h3-6H,7-8H2,1-2H3. The molecule has 0 radical (unpaired) electrons. The lowest BCUT2D eigenvalue weighted by Gasteiger charge is -2.46. The Hall–Kier alpha value is -3.18. The minimum absolute atomic E-state index is 0.0846. The minimum atomic E-state index is -4.93. The van der Waals surface area contributed by atoms with Crippen LogP contribution in [0.25, 0.3) is 16.9 Å². The fraction of sp³-hybridized carbons (Fsp3) is 0.375.